The fourth-order valence-electron chi connectivity index (χ4n) is 5.01. The summed E-state index contributed by atoms with van der Waals surface area (Å²) >= 11 is 0. The second-order valence-electron chi connectivity index (χ2n) is 10.7. The van der Waals surface area contributed by atoms with Crippen molar-refractivity contribution in [3.05, 3.63) is 100 Å². The molecule has 7 nitrogen and oxygen atoms in total. The molecule has 43 heavy (non-hydrogen) atoms. The van der Waals surface area contributed by atoms with E-state index in [4.69, 9.17) is 4.74 Å². The molecule has 0 aliphatic heterocycles. The fraction of sp³-hybridized carbons (Fsp3) is 0.412. The summed E-state index contributed by atoms with van der Waals surface area (Å²) in [4.78, 5) is 28.5. The summed E-state index contributed by atoms with van der Waals surface area (Å²) in [5.41, 5.74) is 2.65. The summed E-state index contributed by atoms with van der Waals surface area (Å²) in [7, 11) is 0. The smallest absolute Gasteiger partial charge is 0.253 e. The van der Waals surface area contributed by atoms with Gasteiger partial charge in [-0.2, -0.15) is 0 Å². The van der Waals surface area contributed by atoms with Crippen LogP contribution in [-0.2, 0) is 13.0 Å². The van der Waals surface area contributed by atoms with E-state index < -0.39 is 29.7 Å². The molecule has 232 valence electrons. The molecule has 3 rings (SSSR count). The molecular formula is C34H43F2N3O4. The second-order valence-corrected chi connectivity index (χ2v) is 10.7. The first kappa shape index (κ1) is 33.7. The predicted molar refractivity (Wildman–Crippen MR) is 164 cm³/mol. The molecule has 9 heteroatoms. The van der Waals surface area contributed by atoms with Crippen LogP contribution in [0.15, 0.2) is 60.7 Å². The fourth-order valence-corrected chi connectivity index (χ4v) is 5.01. The maximum absolute atomic E-state index is 14.0. The normalized spacial score (nSPS) is 12.4. The SMILES string of the molecule is CCCN(CCC)C(=O)c1cc(C)cc(C(=O)N[C@@H](Cc2cc(F)cc(F)c2)[C@H](O)CNCc2cccc(OCC)c2)c1. The summed E-state index contributed by atoms with van der Waals surface area (Å²) in [5.74, 6) is -1.39. The Morgan fingerprint density at radius 1 is 0.907 bits per heavy atom. The first-order chi connectivity index (χ1) is 20.6. The molecule has 0 heterocycles. The Kier molecular flexibility index (Phi) is 13.1. The Hall–Kier alpha value is -3.82. The van der Waals surface area contributed by atoms with Crippen LogP contribution in [0.25, 0.3) is 0 Å². The van der Waals surface area contributed by atoms with Gasteiger partial charge in [0.1, 0.15) is 17.4 Å². The van der Waals surface area contributed by atoms with Gasteiger partial charge in [0.25, 0.3) is 11.8 Å². The third-order valence-electron chi connectivity index (χ3n) is 6.91. The standard InChI is InChI=1S/C34H43F2N3O4/c1-5-11-39(12-6-2)34(42)27-14-23(4)13-26(19-27)33(41)38-31(18-25-15-28(35)20-29(36)16-25)32(40)22-37-21-24-9-8-10-30(17-24)43-7-3/h8-10,13-17,19-20,31-32,37,40H,5-7,11-12,18,21-22H2,1-4H3,(H,38,41)/t31-,32+/m0/s1. The molecule has 2 amide bonds. The van der Waals surface area contributed by atoms with E-state index in [0.717, 1.165) is 35.8 Å². The first-order valence-corrected chi connectivity index (χ1v) is 14.9. The number of aliphatic hydroxyl groups is 1. The molecule has 0 aliphatic rings. The summed E-state index contributed by atoms with van der Waals surface area (Å²) in [6.07, 6.45) is 0.524. The molecule has 0 bridgehead atoms. The van der Waals surface area contributed by atoms with E-state index in [1.807, 2.05) is 52.0 Å². The van der Waals surface area contributed by atoms with Crippen molar-refractivity contribution in [1.82, 2.24) is 15.5 Å². The molecule has 0 saturated carbocycles. The molecular weight excluding hydrogens is 552 g/mol. The zero-order valence-corrected chi connectivity index (χ0v) is 25.5. The van der Waals surface area contributed by atoms with E-state index in [9.17, 15) is 23.5 Å². The lowest BCUT2D eigenvalue weighted by molar-refractivity contribution is 0.0755. The molecule has 0 spiro atoms. The van der Waals surface area contributed by atoms with Crippen LogP contribution in [0.2, 0.25) is 0 Å². The number of aryl methyl sites for hydroxylation is 1. The highest BCUT2D eigenvalue weighted by atomic mass is 19.1. The molecule has 0 radical (unpaired) electrons. The molecule has 0 unspecified atom stereocenters. The summed E-state index contributed by atoms with van der Waals surface area (Å²) in [6, 6.07) is 14.8. The highest BCUT2D eigenvalue weighted by Crippen LogP contribution is 2.17. The quantitative estimate of drug-likeness (QED) is 0.206. The van der Waals surface area contributed by atoms with Crippen LogP contribution in [-0.4, -0.2) is 60.2 Å². The number of carbonyl (C=O) groups excluding carboxylic acids is 2. The molecule has 2 atom stereocenters. The second kappa shape index (κ2) is 16.7. The van der Waals surface area contributed by atoms with E-state index in [1.54, 1.807) is 23.1 Å². The van der Waals surface area contributed by atoms with Crippen LogP contribution in [0, 0.1) is 18.6 Å². The van der Waals surface area contributed by atoms with Gasteiger partial charge in [-0.15, -0.1) is 0 Å². The van der Waals surface area contributed by atoms with E-state index in [1.165, 1.54) is 12.1 Å². The lowest BCUT2D eigenvalue weighted by atomic mass is 9.99. The lowest BCUT2D eigenvalue weighted by Gasteiger charge is -2.25. The largest absolute Gasteiger partial charge is 0.494 e. The molecule has 3 N–H and O–H groups in total. The number of benzene rings is 3. The van der Waals surface area contributed by atoms with Crippen LogP contribution in [0.1, 0.15) is 71.0 Å². The third kappa shape index (κ3) is 10.4. The number of hydrogen-bond acceptors (Lipinski definition) is 5. The van der Waals surface area contributed by atoms with E-state index in [-0.39, 0.29) is 24.4 Å². The molecule has 0 aliphatic carbocycles. The van der Waals surface area contributed by atoms with Crippen molar-refractivity contribution < 1.29 is 28.2 Å². The van der Waals surface area contributed by atoms with Crippen molar-refractivity contribution in [3.8, 4) is 5.75 Å². The van der Waals surface area contributed by atoms with Crippen molar-refractivity contribution in [2.24, 2.45) is 0 Å². The number of hydrogen-bond donors (Lipinski definition) is 3. The van der Waals surface area contributed by atoms with Gasteiger partial charge in [0.05, 0.1) is 18.8 Å². The Morgan fingerprint density at radius 2 is 1.58 bits per heavy atom. The zero-order valence-electron chi connectivity index (χ0n) is 25.5. The number of halogens is 2. The van der Waals surface area contributed by atoms with Crippen LogP contribution in [0.4, 0.5) is 8.78 Å². The molecule has 3 aromatic rings. The van der Waals surface area contributed by atoms with Crippen molar-refractivity contribution in [2.75, 3.05) is 26.2 Å². The highest BCUT2D eigenvalue weighted by Gasteiger charge is 2.24. The van der Waals surface area contributed by atoms with Crippen molar-refractivity contribution in [2.45, 2.75) is 65.6 Å². The number of rotatable bonds is 16. The van der Waals surface area contributed by atoms with E-state index >= 15 is 0 Å². The van der Waals surface area contributed by atoms with Gasteiger partial charge < -0.3 is 25.4 Å². The van der Waals surface area contributed by atoms with Gasteiger partial charge in [-0.1, -0.05) is 26.0 Å². The lowest BCUT2D eigenvalue weighted by Crippen LogP contribution is -2.48. The minimum Gasteiger partial charge on any atom is -0.494 e. The Labute approximate surface area is 253 Å². The minimum absolute atomic E-state index is 0.0124. The van der Waals surface area contributed by atoms with Crippen molar-refractivity contribution in [3.63, 3.8) is 0 Å². The van der Waals surface area contributed by atoms with Crippen molar-refractivity contribution >= 4 is 11.8 Å². The highest BCUT2D eigenvalue weighted by molar-refractivity contribution is 6.00. The predicted octanol–water partition coefficient (Wildman–Crippen LogP) is 5.43. The Bertz CT molecular complexity index is 1340. The Balaban J connectivity index is 1.79. The number of amides is 2. The summed E-state index contributed by atoms with van der Waals surface area (Å²) < 4.78 is 33.5. The number of carbonyl (C=O) groups is 2. The minimum atomic E-state index is -1.10. The monoisotopic (exact) mass is 595 g/mol. The third-order valence-corrected chi connectivity index (χ3v) is 6.91. The molecule has 0 fully saturated rings. The average molecular weight is 596 g/mol. The van der Waals surface area contributed by atoms with Crippen molar-refractivity contribution in [1.29, 1.82) is 0 Å². The van der Waals surface area contributed by atoms with Gasteiger partial charge in [0.2, 0.25) is 0 Å². The topological polar surface area (TPSA) is 90.9 Å². The van der Waals surface area contributed by atoms with Crippen LogP contribution < -0.4 is 15.4 Å². The van der Waals surface area contributed by atoms with Gasteiger partial charge in [-0.3, -0.25) is 9.59 Å². The summed E-state index contributed by atoms with van der Waals surface area (Å²) in [5, 5.41) is 17.2. The van der Waals surface area contributed by atoms with Gasteiger partial charge in [0.15, 0.2) is 0 Å². The van der Waals surface area contributed by atoms with Crippen LogP contribution in [0.5, 0.6) is 5.75 Å². The first-order valence-electron chi connectivity index (χ1n) is 14.9. The number of nitrogens with one attached hydrogen (secondary N) is 2. The average Bonchev–Trinajstić information content (AvgIpc) is 2.96. The molecule has 0 saturated heterocycles. The Morgan fingerprint density at radius 3 is 2.23 bits per heavy atom. The van der Waals surface area contributed by atoms with Gasteiger partial charge in [-0.25, -0.2) is 8.78 Å². The number of aliphatic hydroxyl groups excluding tert-OH is 1. The number of ether oxygens (including phenoxy) is 1. The summed E-state index contributed by atoms with van der Waals surface area (Å²) in [6.45, 7) is 10.0. The molecule has 3 aromatic carbocycles. The van der Waals surface area contributed by atoms with Gasteiger partial charge >= 0.3 is 0 Å². The van der Waals surface area contributed by atoms with E-state index in [2.05, 4.69) is 10.6 Å². The van der Waals surface area contributed by atoms with Gasteiger partial charge in [0, 0.05) is 43.4 Å². The van der Waals surface area contributed by atoms with Gasteiger partial charge in [-0.05, 0) is 92.3 Å². The van der Waals surface area contributed by atoms with Crippen LogP contribution in [0.3, 0.4) is 0 Å². The van der Waals surface area contributed by atoms with E-state index in [0.29, 0.717) is 37.4 Å². The zero-order chi connectivity index (χ0) is 31.4. The van der Waals surface area contributed by atoms with Crippen LogP contribution >= 0.6 is 0 Å². The molecule has 0 aromatic heterocycles. The number of nitrogens with zero attached hydrogens (tertiary/aromatic N) is 1. The maximum atomic E-state index is 14.0. The maximum Gasteiger partial charge on any atom is 0.253 e.